The fourth-order valence-corrected chi connectivity index (χ4v) is 4.03. The van der Waals surface area contributed by atoms with Crippen molar-refractivity contribution in [2.24, 2.45) is 5.73 Å². The molecule has 2 rings (SSSR count). The molecule has 0 saturated carbocycles. The normalized spacial score (nSPS) is 12.4. The molecule has 4 N–H and O–H groups in total. The number of carbonyl (C=O) groups is 2. The van der Waals surface area contributed by atoms with Crippen LogP contribution in [0.5, 0.6) is 0 Å². The maximum absolute atomic E-state index is 13.0. The molecule has 0 aliphatic carbocycles. The second kappa shape index (κ2) is 7.73. The maximum Gasteiger partial charge on any atom is 0.335 e. The summed E-state index contributed by atoms with van der Waals surface area (Å²) in [6.07, 6.45) is -2.44. The lowest BCUT2D eigenvalue weighted by Gasteiger charge is -2.28. The van der Waals surface area contributed by atoms with Crippen LogP contribution >= 0.6 is 11.6 Å². The predicted molar refractivity (Wildman–Crippen MR) is 94.3 cm³/mol. The number of nitrogens with zero attached hydrogens (tertiary/aromatic N) is 1. The van der Waals surface area contributed by atoms with Crippen molar-refractivity contribution in [3.63, 3.8) is 0 Å². The molecule has 8 nitrogen and oxygen atoms in total. The second-order valence-electron chi connectivity index (χ2n) is 5.26. The Morgan fingerprint density at radius 2 is 1.77 bits per heavy atom. The van der Waals surface area contributed by atoms with E-state index >= 15 is 0 Å². The quantitative estimate of drug-likeness (QED) is 0.603. The van der Waals surface area contributed by atoms with Crippen LogP contribution in [0.1, 0.15) is 16.8 Å². The number of anilines is 1. The number of rotatable bonds is 7. The zero-order valence-corrected chi connectivity index (χ0v) is 14.8. The van der Waals surface area contributed by atoms with Crippen LogP contribution in [0.4, 0.5) is 5.69 Å². The highest BCUT2D eigenvalue weighted by Gasteiger charge is 2.32. The van der Waals surface area contributed by atoms with E-state index in [1.807, 2.05) is 0 Å². The van der Waals surface area contributed by atoms with Gasteiger partial charge in [0.2, 0.25) is 5.91 Å². The monoisotopic (exact) mass is 398 g/mol. The second-order valence-corrected chi connectivity index (χ2v) is 7.51. The summed E-state index contributed by atoms with van der Waals surface area (Å²) in [6.45, 7) is 0. The highest BCUT2D eigenvalue weighted by Crippen LogP contribution is 2.28. The van der Waals surface area contributed by atoms with Crippen molar-refractivity contribution in [1.82, 2.24) is 0 Å². The van der Waals surface area contributed by atoms with E-state index in [0.29, 0.717) is 4.31 Å². The first-order valence-electron chi connectivity index (χ1n) is 7.22. The van der Waals surface area contributed by atoms with Crippen molar-refractivity contribution in [3.05, 3.63) is 59.1 Å². The van der Waals surface area contributed by atoms with Crippen molar-refractivity contribution in [1.29, 1.82) is 0 Å². The number of aliphatic hydroxyl groups is 1. The Labute approximate surface area is 154 Å². The van der Waals surface area contributed by atoms with Crippen molar-refractivity contribution >= 4 is 39.2 Å². The van der Waals surface area contributed by atoms with Gasteiger partial charge in [-0.05, 0) is 42.5 Å². The first-order valence-corrected chi connectivity index (χ1v) is 9.04. The molecule has 0 aliphatic heterocycles. The lowest BCUT2D eigenvalue weighted by molar-refractivity contribution is -0.119. The van der Waals surface area contributed by atoms with Crippen molar-refractivity contribution < 1.29 is 28.2 Å². The fourth-order valence-electron chi connectivity index (χ4n) is 2.23. The lowest BCUT2D eigenvalue weighted by atomic mass is 10.2. The number of benzene rings is 2. The summed E-state index contributed by atoms with van der Waals surface area (Å²) in [7, 11) is -4.31. The van der Waals surface area contributed by atoms with Crippen LogP contribution in [0.25, 0.3) is 0 Å². The standard InChI is InChI=1S/C16H15ClN2O6S/c17-11-2-1-3-13(8-11)26(24,25)19(15(21)9-14(18)20)12-6-4-10(5-7-12)16(22)23/h1-8,15,21H,9H2,(H2,18,20)(H,22,23)/t15-/m0/s1. The van der Waals surface area contributed by atoms with Crippen LogP contribution in [0.15, 0.2) is 53.4 Å². The van der Waals surface area contributed by atoms with Gasteiger partial charge in [0.05, 0.1) is 22.6 Å². The predicted octanol–water partition coefficient (Wildman–Crippen LogP) is 1.43. The molecule has 2 aromatic carbocycles. The van der Waals surface area contributed by atoms with Gasteiger partial charge in [-0.25, -0.2) is 17.5 Å². The van der Waals surface area contributed by atoms with E-state index < -0.39 is 34.5 Å². The minimum atomic E-state index is -4.31. The summed E-state index contributed by atoms with van der Waals surface area (Å²) < 4.78 is 26.5. The first-order chi connectivity index (χ1) is 12.1. The van der Waals surface area contributed by atoms with E-state index in [9.17, 15) is 23.1 Å². The summed E-state index contributed by atoms with van der Waals surface area (Å²) in [5.41, 5.74) is 4.95. The highest BCUT2D eigenvalue weighted by molar-refractivity contribution is 7.92. The number of halogens is 1. The Hall–Kier alpha value is -2.62. The topological polar surface area (TPSA) is 138 Å². The molecule has 0 saturated heterocycles. The van der Waals surface area contributed by atoms with Gasteiger partial charge in [0, 0.05) is 5.02 Å². The van der Waals surface area contributed by atoms with Crippen molar-refractivity contribution in [2.45, 2.75) is 17.5 Å². The van der Waals surface area contributed by atoms with Crippen molar-refractivity contribution in [2.75, 3.05) is 4.31 Å². The Bertz CT molecular complexity index is 930. The molecular formula is C16H15ClN2O6S. The van der Waals surface area contributed by atoms with Crippen LogP contribution in [0.3, 0.4) is 0 Å². The number of aliphatic hydroxyl groups excluding tert-OH is 1. The molecule has 0 spiro atoms. The number of amides is 1. The van der Waals surface area contributed by atoms with Crippen LogP contribution in [-0.4, -0.2) is 36.7 Å². The third kappa shape index (κ3) is 4.31. The van der Waals surface area contributed by atoms with Crippen LogP contribution < -0.4 is 10.0 Å². The minimum Gasteiger partial charge on any atom is -0.478 e. The SMILES string of the molecule is NC(=O)C[C@H](O)N(c1ccc(C(=O)O)cc1)S(=O)(=O)c1cccc(Cl)c1. The molecule has 0 bridgehead atoms. The molecule has 2 aromatic rings. The van der Waals surface area contributed by atoms with E-state index in [-0.39, 0.29) is 21.2 Å². The van der Waals surface area contributed by atoms with Gasteiger partial charge in [0.15, 0.2) is 0 Å². The number of primary amides is 1. The van der Waals surface area contributed by atoms with Gasteiger partial charge in [0.25, 0.3) is 10.0 Å². The third-order valence-electron chi connectivity index (χ3n) is 3.38. The van der Waals surface area contributed by atoms with Gasteiger partial charge in [-0.15, -0.1) is 0 Å². The van der Waals surface area contributed by atoms with Crippen LogP contribution in [-0.2, 0) is 14.8 Å². The molecule has 0 fully saturated rings. The zero-order valence-electron chi connectivity index (χ0n) is 13.2. The first kappa shape index (κ1) is 19.7. The number of hydrogen-bond donors (Lipinski definition) is 3. The van der Waals surface area contributed by atoms with Crippen molar-refractivity contribution in [3.8, 4) is 0 Å². The fraction of sp³-hybridized carbons (Fsp3) is 0.125. The smallest absolute Gasteiger partial charge is 0.335 e. The largest absolute Gasteiger partial charge is 0.478 e. The average Bonchev–Trinajstić information content (AvgIpc) is 2.54. The summed E-state index contributed by atoms with van der Waals surface area (Å²) in [5, 5.41) is 19.4. The lowest BCUT2D eigenvalue weighted by Crippen LogP contribution is -2.42. The molecule has 26 heavy (non-hydrogen) atoms. The molecule has 10 heteroatoms. The number of nitrogens with two attached hydrogens (primary N) is 1. The molecule has 0 unspecified atom stereocenters. The molecule has 138 valence electrons. The Morgan fingerprint density at radius 1 is 1.15 bits per heavy atom. The van der Waals surface area contributed by atoms with Gasteiger partial charge < -0.3 is 15.9 Å². The summed E-state index contributed by atoms with van der Waals surface area (Å²) in [5.74, 6) is -2.11. The molecule has 0 radical (unpaired) electrons. The zero-order chi connectivity index (χ0) is 19.5. The van der Waals surface area contributed by atoms with Gasteiger partial charge in [-0.3, -0.25) is 4.79 Å². The summed E-state index contributed by atoms with van der Waals surface area (Å²) in [4.78, 5) is 21.9. The number of carboxylic acid groups (broad SMARTS) is 1. The van der Waals surface area contributed by atoms with E-state index in [1.165, 1.54) is 48.5 Å². The summed E-state index contributed by atoms with van der Waals surface area (Å²) in [6, 6.07) is 10.1. The van der Waals surface area contributed by atoms with E-state index in [4.69, 9.17) is 22.4 Å². The van der Waals surface area contributed by atoms with Gasteiger partial charge in [-0.2, -0.15) is 0 Å². The highest BCUT2D eigenvalue weighted by atomic mass is 35.5. The Kier molecular flexibility index (Phi) is 5.86. The molecule has 1 amide bonds. The molecule has 0 aliphatic rings. The molecule has 1 atom stereocenters. The van der Waals surface area contributed by atoms with Gasteiger partial charge in [0.1, 0.15) is 6.23 Å². The van der Waals surface area contributed by atoms with Crippen LogP contribution in [0, 0.1) is 0 Å². The number of hydrogen-bond acceptors (Lipinski definition) is 5. The van der Waals surface area contributed by atoms with Gasteiger partial charge >= 0.3 is 5.97 Å². The minimum absolute atomic E-state index is 0.0382. The Balaban J connectivity index is 2.56. The van der Waals surface area contributed by atoms with Gasteiger partial charge in [-0.1, -0.05) is 17.7 Å². The molecular weight excluding hydrogens is 384 g/mol. The van der Waals surface area contributed by atoms with Crippen LogP contribution in [0.2, 0.25) is 5.02 Å². The maximum atomic E-state index is 13.0. The Morgan fingerprint density at radius 3 is 2.27 bits per heavy atom. The van der Waals surface area contributed by atoms with E-state index in [0.717, 1.165) is 0 Å². The van der Waals surface area contributed by atoms with E-state index in [2.05, 4.69) is 0 Å². The number of sulfonamides is 1. The number of carbonyl (C=O) groups excluding carboxylic acids is 1. The summed E-state index contributed by atoms with van der Waals surface area (Å²) >= 11 is 5.84. The average molecular weight is 399 g/mol. The third-order valence-corrected chi connectivity index (χ3v) is 5.43. The molecule has 0 aromatic heterocycles. The molecule has 0 heterocycles. The number of aromatic carboxylic acids is 1. The van der Waals surface area contributed by atoms with E-state index in [1.54, 1.807) is 0 Å². The number of carboxylic acids is 1.